The molecular weight excluding hydrogens is 246 g/mol. The van der Waals surface area contributed by atoms with Gasteiger partial charge in [-0.05, 0) is 12.8 Å². The van der Waals surface area contributed by atoms with E-state index in [9.17, 15) is 0 Å². The Labute approximate surface area is 110 Å². The van der Waals surface area contributed by atoms with Gasteiger partial charge in [-0.1, -0.05) is 10.4 Å². The first-order valence-electron chi connectivity index (χ1n) is 6.39. The molecular formula is C12H17N5O2. The van der Waals surface area contributed by atoms with E-state index in [0.29, 0.717) is 25.0 Å². The molecule has 1 fully saturated rings. The molecule has 1 saturated carbocycles. The van der Waals surface area contributed by atoms with Crippen LogP contribution in [0.2, 0.25) is 0 Å². The molecule has 102 valence electrons. The van der Waals surface area contributed by atoms with E-state index in [4.69, 9.17) is 9.26 Å². The zero-order valence-corrected chi connectivity index (χ0v) is 10.9. The van der Waals surface area contributed by atoms with Crippen molar-refractivity contribution in [3.8, 4) is 0 Å². The minimum absolute atomic E-state index is 0.431. The molecule has 7 nitrogen and oxygen atoms in total. The van der Waals surface area contributed by atoms with Gasteiger partial charge in [-0.15, -0.1) is 5.10 Å². The Kier molecular flexibility index (Phi) is 3.56. The van der Waals surface area contributed by atoms with Gasteiger partial charge in [-0.3, -0.25) is 0 Å². The molecule has 1 aliphatic carbocycles. The summed E-state index contributed by atoms with van der Waals surface area (Å²) in [6.07, 6.45) is 4.48. The van der Waals surface area contributed by atoms with Crippen molar-refractivity contribution in [2.24, 2.45) is 0 Å². The molecule has 0 saturated heterocycles. The summed E-state index contributed by atoms with van der Waals surface area (Å²) < 4.78 is 11.9. The monoisotopic (exact) mass is 263 g/mol. The molecule has 1 N–H and O–H groups in total. The van der Waals surface area contributed by atoms with Crippen molar-refractivity contribution in [1.29, 1.82) is 0 Å². The number of rotatable bonds is 7. The largest absolute Gasteiger partial charge is 0.377 e. The Bertz CT molecular complexity index is 532. The van der Waals surface area contributed by atoms with E-state index in [0.717, 1.165) is 17.9 Å². The number of methoxy groups -OCH3 is 1. The van der Waals surface area contributed by atoms with Crippen LogP contribution >= 0.6 is 0 Å². The van der Waals surface area contributed by atoms with Crippen molar-refractivity contribution in [1.82, 2.24) is 25.5 Å². The molecule has 0 amide bonds. The van der Waals surface area contributed by atoms with E-state index >= 15 is 0 Å². The maximum atomic E-state index is 5.12. The van der Waals surface area contributed by atoms with Gasteiger partial charge in [0.1, 0.15) is 12.3 Å². The standard InChI is InChI=1S/C12H17N5O2/c1-18-8-12-4-10(15-19-12)6-17-7-11(14-16-17)5-13-9-2-3-9/h4,7,9,13H,2-3,5-6,8H2,1H3. The highest BCUT2D eigenvalue weighted by Crippen LogP contribution is 2.18. The molecule has 3 rings (SSSR count). The fourth-order valence-electron chi connectivity index (χ4n) is 1.84. The third-order valence-electron chi connectivity index (χ3n) is 2.95. The van der Waals surface area contributed by atoms with Crippen LogP contribution in [-0.4, -0.2) is 33.3 Å². The molecule has 2 heterocycles. The van der Waals surface area contributed by atoms with E-state index in [1.165, 1.54) is 12.8 Å². The molecule has 0 aliphatic heterocycles. The van der Waals surface area contributed by atoms with Gasteiger partial charge in [-0.25, -0.2) is 4.68 Å². The van der Waals surface area contributed by atoms with Gasteiger partial charge >= 0.3 is 0 Å². The average Bonchev–Trinajstić information content (AvgIpc) is 2.97. The Morgan fingerprint density at radius 3 is 3.16 bits per heavy atom. The Morgan fingerprint density at radius 2 is 2.37 bits per heavy atom. The molecule has 0 aromatic carbocycles. The van der Waals surface area contributed by atoms with E-state index in [1.807, 2.05) is 12.3 Å². The fourth-order valence-corrected chi connectivity index (χ4v) is 1.84. The number of aromatic nitrogens is 4. The highest BCUT2D eigenvalue weighted by molar-refractivity contribution is 5.05. The maximum Gasteiger partial charge on any atom is 0.162 e. The zero-order chi connectivity index (χ0) is 13.1. The molecule has 0 unspecified atom stereocenters. The van der Waals surface area contributed by atoms with Gasteiger partial charge in [0.2, 0.25) is 0 Å². The molecule has 19 heavy (non-hydrogen) atoms. The van der Waals surface area contributed by atoms with Crippen LogP contribution in [0.5, 0.6) is 0 Å². The van der Waals surface area contributed by atoms with Crippen molar-refractivity contribution in [3.05, 3.63) is 29.4 Å². The van der Waals surface area contributed by atoms with Crippen LogP contribution in [0.3, 0.4) is 0 Å². The Morgan fingerprint density at radius 1 is 1.47 bits per heavy atom. The molecule has 0 spiro atoms. The molecule has 2 aromatic heterocycles. The third kappa shape index (κ3) is 3.39. The van der Waals surface area contributed by atoms with Gasteiger partial charge < -0.3 is 14.6 Å². The number of nitrogens with zero attached hydrogens (tertiary/aromatic N) is 4. The van der Waals surface area contributed by atoms with Crippen molar-refractivity contribution >= 4 is 0 Å². The van der Waals surface area contributed by atoms with Gasteiger partial charge in [0.25, 0.3) is 0 Å². The lowest BCUT2D eigenvalue weighted by molar-refractivity contribution is 0.155. The molecule has 2 aromatic rings. The predicted molar refractivity (Wildman–Crippen MR) is 66.2 cm³/mol. The van der Waals surface area contributed by atoms with Crippen LogP contribution in [-0.2, 0) is 24.4 Å². The minimum Gasteiger partial charge on any atom is -0.377 e. The summed E-state index contributed by atoms with van der Waals surface area (Å²) in [5.41, 5.74) is 1.77. The van der Waals surface area contributed by atoms with E-state index in [-0.39, 0.29) is 0 Å². The normalized spacial score (nSPS) is 15.0. The van der Waals surface area contributed by atoms with Crippen molar-refractivity contribution < 1.29 is 9.26 Å². The summed E-state index contributed by atoms with van der Waals surface area (Å²) in [5.74, 6) is 0.716. The van der Waals surface area contributed by atoms with E-state index in [1.54, 1.807) is 11.8 Å². The lowest BCUT2D eigenvalue weighted by Crippen LogP contribution is -2.15. The van der Waals surface area contributed by atoms with Gasteiger partial charge in [0, 0.05) is 25.8 Å². The van der Waals surface area contributed by atoms with Crippen molar-refractivity contribution in [2.45, 2.75) is 38.6 Å². The highest BCUT2D eigenvalue weighted by Gasteiger charge is 2.20. The molecule has 0 radical (unpaired) electrons. The minimum atomic E-state index is 0.431. The van der Waals surface area contributed by atoms with E-state index < -0.39 is 0 Å². The number of ether oxygens (including phenoxy) is 1. The summed E-state index contributed by atoms with van der Waals surface area (Å²) in [6.45, 7) is 1.77. The predicted octanol–water partition coefficient (Wildman–Crippen LogP) is 0.713. The topological polar surface area (TPSA) is 78.0 Å². The Hall–Kier alpha value is -1.73. The molecule has 1 aliphatic rings. The van der Waals surface area contributed by atoms with Crippen LogP contribution in [0.4, 0.5) is 0 Å². The summed E-state index contributed by atoms with van der Waals surface area (Å²) in [7, 11) is 1.62. The van der Waals surface area contributed by atoms with Crippen LogP contribution in [0, 0.1) is 0 Å². The second-order valence-electron chi connectivity index (χ2n) is 4.78. The molecule has 7 heteroatoms. The SMILES string of the molecule is COCc1cc(Cn2cc(CNC3CC3)nn2)no1. The van der Waals surface area contributed by atoms with Crippen LogP contribution in [0.1, 0.15) is 30.0 Å². The summed E-state index contributed by atoms with van der Waals surface area (Å²) in [6, 6.07) is 2.55. The second-order valence-corrected chi connectivity index (χ2v) is 4.78. The average molecular weight is 263 g/mol. The van der Waals surface area contributed by atoms with Crippen molar-refractivity contribution in [3.63, 3.8) is 0 Å². The van der Waals surface area contributed by atoms with Gasteiger partial charge in [0.05, 0.1) is 18.4 Å². The van der Waals surface area contributed by atoms with Gasteiger partial charge in [-0.2, -0.15) is 0 Å². The van der Waals surface area contributed by atoms with Crippen LogP contribution in [0.15, 0.2) is 16.8 Å². The third-order valence-corrected chi connectivity index (χ3v) is 2.95. The maximum absolute atomic E-state index is 5.12. The van der Waals surface area contributed by atoms with Crippen molar-refractivity contribution in [2.75, 3.05) is 7.11 Å². The first-order valence-corrected chi connectivity index (χ1v) is 6.39. The lowest BCUT2D eigenvalue weighted by Gasteiger charge is -1.96. The molecule has 0 atom stereocenters. The lowest BCUT2D eigenvalue weighted by atomic mass is 10.3. The summed E-state index contributed by atoms with van der Waals surface area (Å²) in [4.78, 5) is 0. The van der Waals surface area contributed by atoms with E-state index in [2.05, 4.69) is 20.8 Å². The fraction of sp³-hybridized carbons (Fsp3) is 0.583. The first-order chi connectivity index (χ1) is 9.33. The number of hydrogen-bond donors (Lipinski definition) is 1. The summed E-state index contributed by atoms with van der Waals surface area (Å²) >= 11 is 0. The Balaban J connectivity index is 1.55. The molecule has 0 bridgehead atoms. The smallest absolute Gasteiger partial charge is 0.162 e. The van der Waals surface area contributed by atoms with Gasteiger partial charge in [0.15, 0.2) is 5.76 Å². The zero-order valence-electron chi connectivity index (χ0n) is 10.9. The highest BCUT2D eigenvalue weighted by atomic mass is 16.5. The first kappa shape index (κ1) is 12.3. The van der Waals surface area contributed by atoms with Crippen LogP contribution < -0.4 is 5.32 Å². The number of hydrogen-bond acceptors (Lipinski definition) is 6. The quantitative estimate of drug-likeness (QED) is 0.792. The van der Waals surface area contributed by atoms with Crippen LogP contribution in [0.25, 0.3) is 0 Å². The number of nitrogens with one attached hydrogen (secondary N) is 1. The second kappa shape index (κ2) is 5.50. The summed E-state index contributed by atoms with van der Waals surface area (Å²) in [5, 5.41) is 15.6.